The number of carbonyl (C=O) groups excluding carboxylic acids is 2. The lowest BCUT2D eigenvalue weighted by molar-refractivity contribution is 0.0880. The van der Waals surface area contributed by atoms with Crippen LogP contribution in [-0.2, 0) is 35.8 Å². The van der Waals surface area contributed by atoms with Crippen molar-refractivity contribution in [1.82, 2.24) is 5.32 Å². The van der Waals surface area contributed by atoms with Gasteiger partial charge in [-0.05, 0) is 18.6 Å². The van der Waals surface area contributed by atoms with Gasteiger partial charge in [-0.1, -0.05) is 30.3 Å². The van der Waals surface area contributed by atoms with Gasteiger partial charge in [-0.3, -0.25) is 29.1 Å². The van der Waals surface area contributed by atoms with Crippen LogP contribution >= 0.6 is 0 Å². The van der Waals surface area contributed by atoms with Crippen molar-refractivity contribution in [1.29, 1.82) is 0 Å². The van der Waals surface area contributed by atoms with Crippen molar-refractivity contribution in [2.75, 3.05) is 26.2 Å². The number of hydrogen-bond acceptors (Lipinski definition) is 8. The molecule has 4 N–H and O–H groups in total. The lowest BCUT2D eigenvalue weighted by Gasteiger charge is -2.20. The SMILES string of the molecule is CCS(=O)(=O)Nc1c(NS(C)(=O)=O)cc2c(c1NS(=O)(=O)Cc1ccccc1)C(=O)NC2=O. The number of amides is 2. The van der Waals surface area contributed by atoms with Gasteiger partial charge in [0.2, 0.25) is 30.1 Å². The Morgan fingerprint density at radius 1 is 0.818 bits per heavy atom. The molecule has 0 saturated carbocycles. The van der Waals surface area contributed by atoms with Crippen LogP contribution in [-0.4, -0.2) is 49.1 Å². The predicted molar refractivity (Wildman–Crippen MR) is 122 cm³/mol. The summed E-state index contributed by atoms with van der Waals surface area (Å²) in [5, 5.41) is 1.99. The average Bonchev–Trinajstić information content (AvgIpc) is 2.96. The van der Waals surface area contributed by atoms with Crippen LogP contribution in [0.5, 0.6) is 0 Å². The summed E-state index contributed by atoms with van der Waals surface area (Å²) >= 11 is 0. The van der Waals surface area contributed by atoms with Gasteiger partial charge in [-0.15, -0.1) is 0 Å². The van der Waals surface area contributed by atoms with Crippen LogP contribution in [0, 0.1) is 0 Å². The van der Waals surface area contributed by atoms with E-state index >= 15 is 0 Å². The third-order valence-electron chi connectivity index (χ3n) is 4.42. The van der Waals surface area contributed by atoms with Crippen molar-refractivity contribution in [3.8, 4) is 0 Å². The molecule has 1 aliphatic heterocycles. The molecular weight excluding hydrogens is 496 g/mol. The first-order valence-electron chi connectivity index (χ1n) is 9.30. The summed E-state index contributed by atoms with van der Waals surface area (Å²) in [4.78, 5) is 24.7. The lowest BCUT2D eigenvalue weighted by Crippen LogP contribution is -2.24. The number of imide groups is 1. The quantitative estimate of drug-likeness (QED) is 0.350. The monoisotopic (exact) mass is 516 g/mol. The fourth-order valence-electron chi connectivity index (χ4n) is 3.03. The van der Waals surface area contributed by atoms with E-state index in [0.717, 1.165) is 12.3 Å². The Labute approximate surface area is 190 Å². The predicted octanol–water partition coefficient (Wildman–Crippen LogP) is 0.645. The molecule has 0 aromatic heterocycles. The molecule has 178 valence electrons. The summed E-state index contributed by atoms with van der Waals surface area (Å²) in [6.07, 6.45) is 0.781. The number of carbonyl (C=O) groups is 2. The highest BCUT2D eigenvalue weighted by Crippen LogP contribution is 2.40. The van der Waals surface area contributed by atoms with E-state index in [4.69, 9.17) is 0 Å². The first kappa shape index (κ1) is 24.5. The van der Waals surface area contributed by atoms with Gasteiger partial charge < -0.3 is 0 Å². The summed E-state index contributed by atoms with van der Waals surface area (Å²) < 4.78 is 80.5. The van der Waals surface area contributed by atoms with E-state index in [1.165, 1.54) is 6.92 Å². The number of anilines is 3. The smallest absolute Gasteiger partial charge is 0.261 e. The topological polar surface area (TPSA) is 185 Å². The molecule has 1 heterocycles. The van der Waals surface area contributed by atoms with Gasteiger partial charge in [0.15, 0.2) is 0 Å². The molecule has 0 bridgehead atoms. The van der Waals surface area contributed by atoms with Crippen molar-refractivity contribution in [2.45, 2.75) is 12.7 Å². The molecule has 1 aliphatic rings. The second-order valence-electron chi connectivity index (χ2n) is 7.11. The van der Waals surface area contributed by atoms with Crippen molar-refractivity contribution in [3.63, 3.8) is 0 Å². The second-order valence-corrected chi connectivity index (χ2v) is 12.6. The molecule has 0 unspecified atom stereocenters. The maximum Gasteiger partial charge on any atom is 0.261 e. The van der Waals surface area contributed by atoms with E-state index in [2.05, 4.69) is 14.2 Å². The van der Waals surface area contributed by atoms with E-state index in [1.54, 1.807) is 30.3 Å². The molecule has 0 fully saturated rings. The number of sulfonamides is 3. The van der Waals surface area contributed by atoms with E-state index < -0.39 is 76.0 Å². The van der Waals surface area contributed by atoms with Gasteiger partial charge >= 0.3 is 0 Å². The molecule has 12 nitrogen and oxygen atoms in total. The fourth-order valence-corrected chi connectivity index (χ4v) is 5.48. The van der Waals surface area contributed by atoms with Gasteiger partial charge in [0.1, 0.15) is 0 Å². The summed E-state index contributed by atoms with van der Waals surface area (Å²) in [6.45, 7) is 1.30. The molecule has 2 amide bonds. The number of nitrogens with one attached hydrogen (secondary N) is 4. The van der Waals surface area contributed by atoms with E-state index in [-0.39, 0.29) is 5.56 Å². The Bertz CT molecular complexity index is 1450. The normalized spacial score (nSPS) is 13.9. The Hall–Kier alpha value is -3.17. The van der Waals surface area contributed by atoms with E-state index in [1.807, 2.05) is 5.32 Å². The van der Waals surface area contributed by atoms with Gasteiger partial charge in [0.05, 0.1) is 46.0 Å². The second kappa shape index (κ2) is 8.64. The summed E-state index contributed by atoms with van der Waals surface area (Å²) in [6, 6.07) is 8.96. The molecule has 0 saturated heterocycles. The highest BCUT2D eigenvalue weighted by molar-refractivity contribution is 7.93. The van der Waals surface area contributed by atoms with Gasteiger partial charge in [-0.2, -0.15) is 0 Å². The maximum atomic E-state index is 12.9. The summed E-state index contributed by atoms with van der Waals surface area (Å²) in [5.74, 6) is -2.86. The first-order valence-corrected chi connectivity index (χ1v) is 14.5. The molecule has 3 rings (SSSR count). The highest BCUT2D eigenvalue weighted by Gasteiger charge is 2.36. The Morgan fingerprint density at radius 2 is 1.42 bits per heavy atom. The summed E-state index contributed by atoms with van der Waals surface area (Å²) in [7, 11) is -12.3. The molecule has 2 aromatic rings. The molecule has 0 aliphatic carbocycles. The zero-order valence-electron chi connectivity index (χ0n) is 17.4. The van der Waals surface area contributed by atoms with Crippen molar-refractivity contribution in [2.24, 2.45) is 0 Å². The van der Waals surface area contributed by atoms with E-state index in [0.29, 0.717) is 5.56 Å². The Balaban J connectivity index is 2.26. The van der Waals surface area contributed by atoms with Gasteiger partial charge in [0, 0.05) is 0 Å². The minimum absolute atomic E-state index is 0.331. The van der Waals surface area contributed by atoms with Gasteiger partial charge in [-0.25, -0.2) is 25.3 Å². The Morgan fingerprint density at radius 3 is 2.00 bits per heavy atom. The number of hydrogen-bond donors (Lipinski definition) is 4. The average molecular weight is 517 g/mol. The van der Waals surface area contributed by atoms with Crippen LogP contribution in [0.3, 0.4) is 0 Å². The van der Waals surface area contributed by atoms with Crippen LogP contribution in [0.15, 0.2) is 36.4 Å². The highest BCUT2D eigenvalue weighted by atomic mass is 32.2. The fraction of sp³-hybridized carbons (Fsp3) is 0.222. The molecule has 15 heteroatoms. The zero-order valence-corrected chi connectivity index (χ0v) is 19.8. The number of fused-ring (bicyclic) bond motifs is 1. The molecular formula is C18H20N4O8S3. The van der Waals surface area contributed by atoms with Gasteiger partial charge in [0.25, 0.3) is 11.8 Å². The third kappa shape index (κ3) is 5.80. The largest absolute Gasteiger partial charge is 0.288 e. The summed E-state index contributed by atoms with van der Waals surface area (Å²) in [5.41, 5.74) is -1.93. The van der Waals surface area contributed by atoms with Crippen molar-refractivity contribution < 1.29 is 34.8 Å². The third-order valence-corrected chi connectivity index (χ3v) is 7.51. The molecule has 0 spiro atoms. The molecule has 33 heavy (non-hydrogen) atoms. The maximum absolute atomic E-state index is 12.9. The molecule has 0 atom stereocenters. The van der Waals surface area contributed by atoms with Crippen molar-refractivity contribution in [3.05, 3.63) is 53.1 Å². The minimum Gasteiger partial charge on any atom is -0.288 e. The lowest BCUT2D eigenvalue weighted by atomic mass is 10.0. The number of rotatable bonds is 9. The van der Waals surface area contributed by atoms with Crippen LogP contribution in [0.25, 0.3) is 0 Å². The van der Waals surface area contributed by atoms with Crippen LogP contribution in [0.4, 0.5) is 17.1 Å². The molecule has 2 aromatic carbocycles. The number of benzene rings is 2. The van der Waals surface area contributed by atoms with Crippen molar-refractivity contribution >= 4 is 58.9 Å². The first-order chi connectivity index (χ1) is 15.2. The Kier molecular flexibility index (Phi) is 6.41. The van der Waals surface area contributed by atoms with E-state index in [9.17, 15) is 34.8 Å². The van der Waals surface area contributed by atoms with Crippen LogP contribution in [0.2, 0.25) is 0 Å². The van der Waals surface area contributed by atoms with Crippen LogP contribution in [0.1, 0.15) is 33.2 Å². The standard InChI is InChI=1S/C18H20N4O8S3/c1-3-32(27,28)21-15-13(20-31(2,25)26)9-12-14(18(24)19-17(12)23)16(15)22-33(29,30)10-11-7-5-4-6-8-11/h4-9,20-22H,3,10H2,1-2H3,(H,19,23,24). The van der Waals surface area contributed by atoms with Crippen LogP contribution < -0.4 is 19.5 Å². The molecule has 0 radical (unpaired) electrons. The zero-order chi connectivity index (χ0) is 24.6. The minimum atomic E-state index is -4.25.